The molecular weight excluding hydrogens is 190 g/mol. The highest BCUT2D eigenvalue weighted by molar-refractivity contribution is 5.75. The third-order valence-corrected chi connectivity index (χ3v) is 2.60. The molecule has 1 saturated carbocycles. The molecule has 0 amide bonds. The van der Waals surface area contributed by atoms with E-state index in [1.807, 2.05) is 27.7 Å². The maximum atomic E-state index is 11.7. The van der Waals surface area contributed by atoms with Crippen molar-refractivity contribution in [3.05, 3.63) is 0 Å². The van der Waals surface area contributed by atoms with Gasteiger partial charge in [-0.15, -0.1) is 0 Å². The van der Waals surface area contributed by atoms with Crippen molar-refractivity contribution in [2.75, 3.05) is 0 Å². The van der Waals surface area contributed by atoms with Gasteiger partial charge in [0.25, 0.3) is 0 Å². The average Bonchev–Trinajstić information content (AvgIpc) is 2.53. The Kier molecular flexibility index (Phi) is 4.14. The van der Waals surface area contributed by atoms with Gasteiger partial charge in [0.2, 0.25) is 0 Å². The number of ether oxygens (including phenoxy) is 1. The van der Waals surface area contributed by atoms with Crippen molar-refractivity contribution in [1.29, 1.82) is 0 Å². The lowest BCUT2D eigenvalue weighted by Gasteiger charge is -2.24. The summed E-state index contributed by atoms with van der Waals surface area (Å²) >= 11 is 0. The number of hydrogen-bond acceptors (Lipinski definition) is 3. The number of esters is 1. The van der Waals surface area contributed by atoms with E-state index in [0.717, 1.165) is 0 Å². The maximum Gasteiger partial charge on any atom is 0.323 e. The van der Waals surface area contributed by atoms with Crippen LogP contribution in [-0.2, 0) is 9.53 Å². The Labute approximate surface area is 92.6 Å². The molecule has 0 unspecified atom stereocenters. The molecule has 0 saturated heterocycles. The number of rotatable bonds is 3. The molecule has 0 aromatic heterocycles. The standard InChI is InChI=1S/C12H23NO2/c1-9(11(14)15-12(2,3)4)13-10-7-5-6-8-10/h9-10,13H,5-8H2,1-4H3/t9-/m0/s1. The van der Waals surface area contributed by atoms with Crippen LogP contribution in [0, 0.1) is 0 Å². The van der Waals surface area contributed by atoms with Crippen LogP contribution in [0.5, 0.6) is 0 Å². The Hall–Kier alpha value is -0.570. The molecular formula is C12H23NO2. The van der Waals surface area contributed by atoms with Crippen molar-refractivity contribution in [2.24, 2.45) is 0 Å². The SMILES string of the molecule is C[C@H](NC1CCCC1)C(=O)OC(C)(C)C. The van der Waals surface area contributed by atoms with E-state index in [-0.39, 0.29) is 17.6 Å². The molecule has 1 aliphatic carbocycles. The largest absolute Gasteiger partial charge is 0.459 e. The predicted octanol–water partition coefficient (Wildman–Crippen LogP) is 2.25. The fourth-order valence-corrected chi connectivity index (χ4v) is 1.90. The van der Waals surface area contributed by atoms with Gasteiger partial charge in [0.05, 0.1) is 0 Å². The predicted molar refractivity (Wildman–Crippen MR) is 60.7 cm³/mol. The smallest absolute Gasteiger partial charge is 0.323 e. The minimum atomic E-state index is -0.386. The number of carbonyl (C=O) groups is 1. The first-order valence-corrected chi connectivity index (χ1v) is 5.87. The Morgan fingerprint density at radius 3 is 2.33 bits per heavy atom. The zero-order valence-electron chi connectivity index (χ0n) is 10.3. The third kappa shape index (κ3) is 4.65. The molecule has 0 aromatic rings. The van der Waals surface area contributed by atoms with Crippen LogP contribution in [0.15, 0.2) is 0 Å². The number of carbonyl (C=O) groups excluding carboxylic acids is 1. The van der Waals surface area contributed by atoms with Gasteiger partial charge < -0.3 is 10.1 Å². The highest BCUT2D eigenvalue weighted by atomic mass is 16.6. The van der Waals surface area contributed by atoms with E-state index in [1.54, 1.807) is 0 Å². The third-order valence-electron chi connectivity index (χ3n) is 2.60. The van der Waals surface area contributed by atoms with Gasteiger partial charge in [0.15, 0.2) is 0 Å². The summed E-state index contributed by atoms with van der Waals surface area (Å²) < 4.78 is 5.31. The Balaban J connectivity index is 2.32. The second-order valence-corrected chi connectivity index (χ2v) is 5.40. The van der Waals surface area contributed by atoms with Crippen LogP contribution in [0.2, 0.25) is 0 Å². The summed E-state index contributed by atoms with van der Waals surface area (Å²) in [7, 11) is 0. The van der Waals surface area contributed by atoms with Crippen LogP contribution in [0.3, 0.4) is 0 Å². The molecule has 1 rings (SSSR count). The maximum absolute atomic E-state index is 11.7. The van der Waals surface area contributed by atoms with Gasteiger partial charge >= 0.3 is 5.97 Å². The summed E-state index contributed by atoms with van der Waals surface area (Å²) in [4.78, 5) is 11.7. The Morgan fingerprint density at radius 2 is 1.87 bits per heavy atom. The number of nitrogens with one attached hydrogen (secondary N) is 1. The first-order chi connectivity index (χ1) is 6.88. The highest BCUT2D eigenvalue weighted by Gasteiger charge is 2.24. The van der Waals surface area contributed by atoms with Gasteiger partial charge in [-0.1, -0.05) is 12.8 Å². The molecule has 0 bridgehead atoms. The summed E-state index contributed by atoms with van der Waals surface area (Å²) in [6, 6.07) is 0.319. The quantitative estimate of drug-likeness (QED) is 0.731. The Bertz CT molecular complexity index is 214. The fraction of sp³-hybridized carbons (Fsp3) is 0.917. The summed E-state index contributed by atoms with van der Waals surface area (Å²) in [6.07, 6.45) is 4.93. The highest BCUT2D eigenvalue weighted by Crippen LogP contribution is 2.18. The van der Waals surface area contributed by atoms with Crippen molar-refractivity contribution in [3.63, 3.8) is 0 Å². The molecule has 0 aromatic carbocycles. The Morgan fingerprint density at radius 1 is 1.33 bits per heavy atom. The first kappa shape index (κ1) is 12.5. The molecule has 0 heterocycles. The average molecular weight is 213 g/mol. The van der Waals surface area contributed by atoms with Crippen LogP contribution in [-0.4, -0.2) is 23.7 Å². The van der Waals surface area contributed by atoms with Gasteiger partial charge in [-0.3, -0.25) is 4.79 Å². The lowest BCUT2D eigenvalue weighted by Crippen LogP contribution is -2.43. The molecule has 0 spiro atoms. The monoisotopic (exact) mass is 213 g/mol. The van der Waals surface area contributed by atoms with E-state index in [0.29, 0.717) is 6.04 Å². The molecule has 0 radical (unpaired) electrons. The summed E-state index contributed by atoms with van der Waals surface area (Å²) in [5.41, 5.74) is -0.386. The normalized spacial score (nSPS) is 20.3. The summed E-state index contributed by atoms with van der Waals surface area (Å²) in [6.45, 7) is 7.57. The zero-order chi connectivity index (χ0) is 11.5. The van der Waals surface area contributed by atoms with Gasteiger partial charge in [-0.25, -0.2) is 0 Å². The fourth-order valence-electron chi connectivity index (χ4n) is 1.90. The molecule has 15 heavy (non-hydrogen) atoms. The van der Waals surface area contributed by atoms with Crippen LogP contribution in [0.1, 0.15) is 53.4 Å². The van der Waals surface area contributed by atoms with Crippen molar-refractivity contribution in [1.82, 2.24) is 5.32 Å². The van der Waals surface area contributed by atoms with Gasteiger partial charge in [0, 0.05) is 6.04 Å². The van der Waals surface area contributed by atoms with Crippen molar-refractivity contribution >= 4 is 5.97 Å². The van der Waals surface area contributed by atoms with Crippen LogP contribution >= 0.6 is 0 Å². The second kappa shape index (κ2) is 4.97. The van der Waals surface area contributed by atoms with Crippen LogP contribution in [0.4, 0.5) is 0 Å². The first-order valence-electron chi connectivity index (χ1n) is 5.87. The lowest BCUT2D eigenvalue weighted by atomic mass is 10.2. The van der Waals surface area contributed by atoms with E-state index in [9.17, 15) is 4.79 Å². The minimum Gasteiger partial charge on any atom is -0.459 e. The van der Waals surface area contributed by atoms with E-state index in [1.165, 1.54) is 25.7 Å². The van der Waals surface area contributed by atoms with Crippen LogP contribution < -0.4 is 5.32 Å². The zero-order valence-corrected chi connectivity index (χ0v) is 10.3. The molecule has 88 valence electrons. The van der Waals surface area contributed by atoms with E-state index < -0.39 is 0 Å². The molecule has 3 heteroatoms. The summed E-state index contributed by atoms with van der Waals surface area (Å²) in [5.74, 6) is -0.144. The molecule has 1 N–H and O–H groups in total. The van der Waals surface area contributed by atoms with Crippen LogP contribution in [0.25, 0.3) is 0 Å². The second-order valence-electron chi connectivity index (χ2n) is 5.40. The molecule has 1 aliphatic rings. The molecule has 1 atom stereocenters. The topological polar surface area (TPSA) is 38.3 Å². The molecule has 0 aliphatic heterocycles. The number of hydrogen-bond donors (Lipinski definition) is 1. The van der Waals surface area contributed by atoms with E-state index in [4.69, 9.17) is 4.74 Å². The lowest BCUT2D eigenvalue weighted by molar-refractivity contribution is -0.157. The molecule has 1 fully saturated rings. The van der Waals surface area contributed by atoms with Gasteiger partial charge in [-0.2, -0.15) is 0 Å². The van der Waals surface area contributed by atoms with Crippen molar-refractivity contribution < 1.29 is 9.53 Å². The van der Waals surface area contributed by atoms with Gasteiger partial charge in [-0.05, 0) is 40.5 Å². The minimum absolute atomic E-state index is 0.144. The summed E-state index contributed by atoms with van der Waals surface area (Å²) in [5, 5.41) is 3.33. The van der Waals surface area contributed by atoms with E-state index >= 15 is 0 Å². The van der Waals surface area contributed by atoms with Crippen molar-refractivity contribution in [3.8, 4) is 0 Å². The van der Waals surface area contributed by atoms with Gasteiger partial charge in [0.1, 0.15) is 11.6 Å². The molecule has 3 nitrogen and oxygen atoms in total. The van der Waals surface area contributed by atoms with E-state index in [2.05, 4.69) is 5.32 Å². The van der Waals surface area contributed by atoms with Crippen molar-refractivity contribution in [2.45, 2.75) is 71.1 Å².